The third-order valence-corrected chi connectivity index (χ3v) is 4.92. The lowest BCUT2D eigenvalue weighted by Gasteiger charge is -2.28. The van der Waals surface area contributed by atoms with Crippen molar-refractivity contribution in [2.45, 2.75) is 31.1 Å². The Kier molecular flexibility index (Phi) is 5.59. The maximum Gasteiger partial charge on any atom is 0.230 e. The average molecular weight is 339 g/mol. The molecule has 4 nitrogen and oxygen atoms in total. The van der Waals surface area contributed by atoms with Crippen molar-refractivity contribution in [2.75, 3.05) is 20.3 Å². The molecule has 0 unspecified atom stereocenters. The molecule has 3 rings (SSSR count). The smallest absolute Gasteiger partial charge is 0.230 e. The predicted molar refractivity (Wildman–Crippen MR) is 98.1 cm³/mol. The maximum absolute atomic E-state index is 12.9. The van der Waals surface area contributed by atoms with E-state index >= 15 is 0 Å². The summed E-state index contributed by atoms with van der Waals surface area (Å²) in [6.07, 6.45) is 4.03. The largest absolute Gasteiger partial charge is 0.497 e. The van der Waals surface area contributed by atoms with Crippen molar-refractivity contribution >= 4 is 5.91 Å². The van der Waals surface area contributed by atoms with Crippen LogP contribution in [0.2, 0.25) is 0 Å². The van der Waals surface area contributed by atoms with Crippen LogP contribution in [-0.4, -0.2) is 26.2 Å². The van der Waals surface area contributed by atoms with E-state index in [1.807, 2.05) is 42.5 Å². The van der Waals surface area contributed by atoms with Crippen LogP contribution in [0.3, 0.4) is 0 Å². The number of amides is 1. The Morgan fingerprint density at radius 2 is 1.76 bits per heavy atom. The SMILES string of the molecule is COc1cccc(OCCNC(=O)C2(c3ccccc3)CCCC2)c1. The maximum atomic E-state index is 12.9. The van der Waals surface area contributed by atoms with Crippen molar-refractivity contribution in [3.8, 4) is 11.5 Å². The molecule has 1 N–H and O–H groups in total. The second-order valence-corrected chi connectivity index (χ2v) is 6.44. The van der Waals surface area contributed by atoms with E-state index in [0.717, 1.165) is 42.7 Å². The van der Waals surface area contributed by atoms with Crippen molar-refractivity contribution < 1.29 is 14.3 Å². The summed E-state index contributed by atoms with van der Waals surface area (Å²) in [5.74, 6) is 1.62. The first-order valence-electron chi connectivity index (χ1n) is 8.85. The van der Waals surface area contributed by atoms with E-state index < -0.39 is 0 Å². The van der Waals surface area contributed by atoms with Gasteiger partial charge in [0.15, 0.2) is 0 Å². The molecule has 4 heteroatoms. The molecule has 1 saturated carbocycles. The summed E-state index contributed by atoms with van der Waals surface area (Å²) in [5, 5.41) is 3.07. The quantitative estimate of drug-likeness (QED) is 0.783. The van der Waals surface area contributed by atoms with Gasteiger partial charge < -0.3 is 14.8 Å². The molecule has 2 aromatic carbocycles. The van der Waals surface area contributed by atoms with E-state index in [0.29, 0.717) is 13.2 Å². The fourth-order valence-corrected chi connectivity index (χ4v) is 3.58. The number of rotatable bonds is 7. The van der Waals surface area contributed by atoms with E-state index in [1.165, 1.54) is 0 Å². The summed E-state index contributed by atoms with van der Waals surface area (Å²) >= 11 is 0. The standard InChI is InChI=1S/C21H25NO3/c1-24-18-10-7-11-19(16-18)25-15-14-22-20(23)21(12-5-6-13-21)17-8-3-2-4-9-17/h2-4,7-11,16H,5-6,12-15H2,1H3,(H,22,23). The zero-order chi connectivity index (χ0) is 17.5. The van der Waals surface area contributed by atoms with Gasteiger partial charge in [0, 0.05) is 6.07 Å². The second kappa shape index (κ2) is 8.06. The zero-order valence-corrected chi connectivity index (χ0v) is 14.7. The van der Waals surface area contributed by atoms with Gasteiger partial charge in [-0.2, -0.15) is 0 Å². The third-order valence-electron chi connectivity index (χ3n) is 4.92. The molecule has 0 bridgehead atoms. The monoisotopic (exact) mass is 339 g/mol. The molecule has 1 aliphatic rings. The molecular formula is C21H25NO3. The number of benzene rings is 2. The molecule has 0 aliphatic heterocycles. The van der Waals surface area contributed by atoms with Crippen molar-refractivity contribution in [3.05, 3.63) is 60.2 Å². The molecule has 1 fully saturated rings. The van der Waals surface area contributed by atoms with Gasteiger partial charge in [-0.25, -0.2) is 0 Å². The average Bonchev–Trinajstić information content (AvgIpc) is 3.17. The number of hydrogen-bond donors (Lipinski definition) is 1. The highest BCUT2D eigenvalue weighted by Gasteiger charge is 2.42. The Labute approximate surface area is 149 Å². The van der Waals surface area contributed by atoms with E-state index in [4.69, 9.17) is 9.47 Å². The van der Waals surface area contributed by atoms with Crippen LogP contribution in [0, 0.1) is 0 Å². The van der Waals surface area contributed by atoms with Crippen LogP contribution in [0.25, 0.3) is 0 Å². The first-order chi connectivity index (χ1) is 12.2. The Hall–Kier alpha value is -2.49. The molecule has 25 heavy (non-hydrogen) atoms. The summed E-state index contributed by atoms with van der Waals surface area (Å²) in [6, 6.07) is 17.6. The Balaban J connectivity index is 1.56. The van der Waals surface area contributed by atoms with Gasteiger partial charge in [-0.15, -0.1) is 0 Å². The van der Waals surface area contributed by atoms with Gasteiger partial charge in [-0.05, 0) is 30.5 Å². The highest BCUT2D eigenvalue weighted by Crippen LogP contribution is 2.41. The highest BCUT2D eigenvalue weighted by atomic mass is 16.5. The van der Waals surface area contributed by atoms with Crippen molar-refractivity contribution in [1.82, 2.24) is 5.32 Å². The van der Waals surface area contributed by atoms with Crippen LogP contribution in [-0.2, 0) is 10.2 Å². The van der Waals surface area contributed by atoms with Crippen molar-refractivity contribution in [1.29, 1.82) is 0 Å². The lowest BCUT2D eigenvalue weighted by Crippen LogP contribution is -2.43. The molecule has 0 aromatic heterocycles. The number of methoxy groups -OCH3 is 1. The number of carbonyl (C=O) groups excluding carboxylic acids is 1. The molecule has 1 aliphatic carbocycles. The van der Waals surface area contributed by atoms with Gasteiger partial charge in [0.1, 0.15) is 18.1 Å². The van der Waals surface area contributed by atoms with Crippen molar-refractivity contribution in [3.63, 3.8) is 0 Å². The first kappa shape index (κ1) is 17.3. The van der Waals surface area contributed by atoms with Gasteiger partial charge in [0.25, 0.3) is 0 Å². The molecular weight excluding hydrogens is 314 g/mol. The minimum absolute atomic E-state index is 0.116. The summed E-state index contributed by atoms with van der Waals surface area (Å²) in [4.78, 5) is 12.9. The number of hydrogen-bond acceptors (Lipinski definition) is 3. The molecule has 2 aromatic rings. The first-order valence-corrected chi connectivity index (χ1v) is 8.85. The van der Waals surface area contributed by atoms with Crippen molar-refractivity contribution in [2.24, 2.45) is 0 Å². The number of nitrogens with one attached hydrogen (secondary N) is 1. The molecule has 0 spiro atoms. The van der Waals surface area contributed by atoms with Crippen LogP contribution in [0.4, 0.5) is 0 Å². The topological polar surface area (TPSA) is 47.6 Å². The Morgan fingerprint density at radius 1 is 1.04 bits per heavy atom. The lowest BCUT2D eigenvalue weighted by atomic mass is 9.78. The molecule has 0 atom stereocenters. The molecule has 0 saturated heterocycles. The minimum Gasteiger partial charge on any atom is -0.497 e. The second-order valence-electron chi connectivity index (χ2n) is 6.44. The molecule has 0 radical (unpaired) electrons. The van der Waals surface area contributed by atoms with Crippen LogP contribution in [0.15, 0.2) is 54.6 Å². The van der Waals surface area contributed by atoms with Crippen LogP contribution in [0.1, 0.15) is 31.2 Å². The van der Waals surface area contributed by atoms with E-state index in [-0.39, 0.29) is 11.3 Å². The van der Waals surface area contributed by atoms with E-state index in [2.05, 4.69) is 17.4 Å². The zero-order valence-electron chi connectivity index (χ0n) is 14.7. The van der Waals surface area contributed by atoms with Gasteiger partial charge >= 0.3 is 0 Å². The summed E-state index contributed by atoms with van der Waals surface area (Å²) in [6.45, 7) is 0.925. The number of ether oxygens (including phenoxy) is 2. The highest BCUT2D eigenvalue weighted by molar-refractivity contribution is 5.88. The van der Waals surface area contributed by atoms with E-state index in [9.17, 15) is 4.79 Å². The molecule has 0 heterocycles. The van der Waals surface area contributed by atoms with Gasteiger partial charge in [0.2, 0.25) is 5.91 Å². The summed E-state index contributed by atoms with van der Waals surface area (Å²) < 4.78 is 10.9. The van der Waals surface area contributed by atoms with Gasteiger partial charge in [-0.1, -0.05) is 49.2 Å². The third kappa shape index (κ3) is 3.95. The fourth-order valence-electron chi connectivity index (χ4n) is 3.58. The predicted octanol–water partition coefficient (Wildman–Crippen LogP) is 3.70. The van der Waals surface area contributed by atoms with Gasteiger partial charge in [0.05, 0.1) is 19.1 Å². The molecule has 132 valence electrons. The summed E-state index contributed by atoms with van der Waals surface area (Å²) in [7, 11) is 1.63. The summed E-state index contributed by atoms with van der Waals surface area (Å²) in [5.41, 5.74) is 0.746. The van der Waals surface area contributed by atoms with Crippen LogP contribution >= 0.6 is 0 Å². The number of carbonyl (C=O) groups is 1. The van der Waals surface area contributed by atoms with Crippen LogP contribution < -0.4 is 14.8 Å². The molecule has 1 amide bonds. The lowest BCUT2D eigenvalue weighted by molar-refractivity contribution is -0.126. The van der Waals surface area contributed by atoms with Gasteiger partial charge in [-0.3, -0.25) is 4.79 Å². The Morgan fingerprint density at radius 3 is 2.48 bits per heavy atom. The minimum atomic E-state index is -0.378. The van der Waals surface area contributed by atoms with E-state index in [1.54, 1.807) is 7.11 Å². The Bertz CT molecular complexity index is 693. The fraction of sp³-hybridized carbons (Fsp3) is 0.381. The van der Waals surface area contributed by atoms with Crippen LogP contribution in [0.5, 0.6) is 11.5 Å². The normalized spacial score (nSPS) is 15.6.